The normalized spacial score (nSPS) is 12.5. The molecular formula is C25H27N3O2. The highest BCUT2D eigenvalue weighted by molar-refractivity contribution is 5.97. The first-order valence-corrected chi connectivity index (χ1v) is 10.3. The number of carbonyl (C=O) groups is 2. The Morgan fingerprint density at radius 3 is 2.63 bits per heavy atom. The van der Waals surface area contributed by atoms with Crippen molar-refractivity contribution in [1.82, 2.24) is 10.3 Å². The molecule has 5 heteroatoms. The van der Waals surface area contributed by atoms with Gasteiger partial charge in [0.1, 0.15) is 0 Å². The standard InChI is InChI=1S/C25H25N3O2.H2/c1-3-24(29)28-14-12-22-17(2)21(10-11-23(22)28)19-6-8-20(9-7-19)25(30)27-16-18-5-4-13-26-15-18;/h4-11,13,15H,3,12,14,16H2,1-2H3,(H,27,30);1H. The van der Waals surface area contributed by atoms with Gasteiger partial charge < -0.3 is 10.2 Å². The molecule has 0 bridgehead atoms. The van der Waals surface area contributed by atoms with Gasteiger partial charge in [0, 0.05) is 44.6 Å². The maximum absolute atomic E-state index is 12.4. The highest BCUT2D eigenvalue weighted by Crippen LogP contribution is 2.36. The minimum Gasteiger partial charge on any atom is -0.348 e. The number of anilines is 1. The van der Waals surface area contributed by atoms with Gasteiger partial charge in [-0.2, -0.15) is 0 Å². The lowest BCUT2D eigenvalue weighted by Crippen LogP contribution is -2.27. The van der Waals surface area contributed by atoms with Crippen LogP contribution in [0.25, 0.3) is 11.1 Å². The molecule has 0 saturated carbocycles. The summed E-state index contributed by atoms with van der Waals surface area (Å²) in [5, 5.41) is 2.92. The number of fused-ring (bicyclic) bond motifs is 1. The Kier molecular flexibility index (Phi) is 5.61. The van der Waals surface area contributed by atoms with Crippen molar-refractivity contribution < 1.29 is 11.0 Å². The topological polar surface area (TPSA) is 62.3 Å². The molecular weight excluding hydrogens is 374 g/mol. The molecule has 0 saturated heterocycles. The maximum atomic E-state index is 12.4. The zero-order valence-electron chi connectivity index (χ0n) is 17.3. The first-order valence-electron chi connectivity index (χ1n) is 10.3. The fourth-order valence-corrected chi connectivity index (χ4v) is 4.01. The summed E-state index contributed by atoms with van der Waals surface area (Å²) in [6.45, 7) is 5.21. The molecule has 1 N–H and O–H groups in total. The van der Waals surface area contributed by atoms with Crippen molar-refractivity contribution in [2.45, 2.75) is 33.2 Å². The van der Waals surface area contributed by atoms with Crippen molar-refractivity contribution in [3.8, 4) is 11.1 Å². The summed E-state index contributed by atoms with van der Waals surface area (Å²) in [7, 11) is 0. The summed E-state index contributed by atoms with van der Waals surface area (Å²) >= 11 is 0. The zero-order valence-corrected chi connectivity index (χ0v) is 17.3. The third-order valence-corrected chi connectivity index (χ3v) is 5.69. The number of hydrogen-bond donors (Lipinski definition) is 1. The van der Waals surface area contributed by atoms with Crippen LogP contribution in [0.2, 0.25) is 0 Å². The number of nitrogens with one attached hydrogen (secondary N) is 1. The molecule has 0 aliphatic carbocycles. The fourth-order valence-electron chi connectivity index (χ4n) is 4.01. The summed E-state index contributed by atoms with van der Waals surface area (Å²) in [5.74, 6) is 0.0624. The molecule has 0 unspecified atom stereocenters. The van der Waals surface area contributed by atoms with Crippen LogP contribution >= 0.6 is 0 Å². The molecule has 3 aromatic rings. The van der Waals surface area contributed by atoms with E-state index >= 15 is 0 Å². The highest BCUT2D eigenvalue weighted by atomic mass is 16.2. The molecule has 0 fully saturated rings. The van der Waals surface area contributed by atoms with Crippen LogP contribution in [0.1, 0.15) is 41.8 Å². The third kappa shape index (κ3) is 3.83. The van der Waals surface area contributed by atoms with E-state index in [4.69, 9.17) is 0 Å². The van der Waals surface area contributed by atoms with Gasteiger partial charge in [-0.3, -0.25) is 14.6 Å². The molecule has 2 aromatic carbocycles. The highest BCUT2D eigenvalue weighted by Gasteiger charge is 2.25. The Hall–Kier alpha value is -3.47. The number of amides is 2. The van der Waals surface area contributed by atoms with Crippen LogP contribution < -0.4 is 10.2 Å². The number of rotatable bonds is 5. The van der Waals surface area contributed by atoms with Gasteiger partial charge in [-0.1, -0.05) is 31.2 Å². The molecule has 0 radical (unpaired) electrons. The van der Waals surface area contributed by atoms with Gasteiger partial charge in [-0.15, -0.1) is 0 Å². The van der Waals surface area contributed by atoms with E-state index < -0.39 is 0 Å². The molecule has 5 nitrogen and oxygen atoms in total. The summed E-state index contributed by atoms with van der Waals surface area (Å²) < 4.78 is 0. The monoisotopic (exact) mass is 401 g/mol. The van der Waals surface area contributed by atoms with Crippen molar-refractivity contribution in [2.75, 3.05) is 11.4 Å². The van der Waals surface area contributed by atoms with Crippen LogP contribution in [0.5, 0.6) is 0 Å². The quantitative estimate of drug-likeness (QED) is 0.683. The minimum atomic E-state index is -0.107. The first kappa shape index (κ1) is 19.8. The summed E-state index contributed by atoms with van der Waals surface area (Å²) in [4.78, 5) is 30.6. The van der Waals surface area contributed by atoms with Crippen molar-refractivity contribution in [3.05, 3.63) is 83.2 Å². The number of aromatic nitrogens is 1. The van der Waals surface area contributed by atoms with E-state index in [9.17, 15) is 9.59 Å². The molecule has 4 rings (SSSR count). The average molecular weight is 402 g/mol. The summed E-state index contributed by atoms with van der Waals surface area (Å²) in [6.07, 6.45) is 4.86. The van der Waals surface area contributed by atoms with Crippen LogP contribution in [-0.4, -0.2) is 23.3 Å². The number of nitrogens with zero attached hydrogens (tertiary/aromatic N) is 2. The first-order chi connectivity index (χ1) is 14.6. The minimum absolute atomic E-state index is 0. The van der Waals surface area contributed by atoms with Gasteiger partial charge in [-0.25, -0.2) is 0 Å². The van der Waals surface area contributed by atoms with Crippen molar-refractivity contribution >= 4 is 17.5 Å². The molecule has 154 valence electrons. The van der Waals surface area contributed by atoms with Crippen molar-refractivity contribution in [1.29, 1.82) is 0 Å². The average Bonchev–Trinajstić information content (AvgIpc) is 3.23. The molecule has 1 aliphatic heterocycles. The second kappa shape index (κ2) is 8.49. The molecule has 0 atom stereocenters. The molecule has 1 aromatic heterocycles. The van der Waals surface area contributed by atoms with E-state index in [1.54, 1.807) is 12.4 Å². The van der Waals surface area contributed by atoms with E-state index in [-0.39, 0.29) is 13.2 Å². The summed E-state index contributed by atoms with van der Waals surface area (Å²) in [6, 6.07) is 15.6. The molecule has 1 aliphatic rings. The number of carbonyl (C=O) groups excluding carboxylic acids is 2. The fraction of sp³-hybridized carbons (Fsp3) is 0.240. The van der Waals surface area contributed by atoms with E-state index in [0.29, 0.717) is 18.5 Å². The summed E-state index contributed by atoms with van der Waals surface area (Å²) in [5.41, 5.74) is 7.28. The van der Waals surface area contributed by atoms with Crippen LogP contribution in [0.4, 0.5) is 5.69 Å². The smallest absolute Gasteiger partial charge is 0.251 e. The molecule has 2 amide bonds. The molecule has 30 heavy (non-hydrogen) atoms. The van der Waals surface area contributed by atoms with Gasteiger partial charge in [0.25, 0.3) is 5.91 Å². The van der Waals surface area contributed by atoms with E-state index in [1.807, 2.05) is 54.3 Å². The van der Waals surface area contributed by atoms with E-state index in [0.717, 1.165) is 35.3 Å². The van der Waals surface area contributed by atoms with Crippen molar-refractivity contribution in [2.24, 2.45) is 0 Å². The van der Waals surface area contributed by atoms with E-state index in [1.165, 1.54) is 11.1 Å². The lowest BCUT2D eigenvalue weighted by molar-refractivity contribution is -0.118. The van der Waals surface area contributed by atoms with E-state index in [2.05, 4.69) is 23.3 Å². The second-order valence-electron chi connectivity index (χ2n) is 7.51. The second-order valence-corrected chi connectivity index (χ2v) is 7.51. The number of benzene rings is 2. The predicted molar refractivity (Wildman–Crippen MR) is 120 cm³/mol. The van der Waals surface area contributed by atoms with Gasteiger partial charge in [0.05, 0.1) is 0 Å². The largest absolute Gasteiger partial charge is 0.348 e. The van der Waals surface area contributed by atoms with Gasteiger partial charge in [-0.05, 0) is 65.4 Å². The van der Waals surface area contributed by atoms with Gasteiger partial charge in [0.2, 0.25) is 5.91 Å². The molecule has 2 heterocycles. The predicted octanol–water partition coefficient (Wildman–Crippen LogP) is 4.53. The zero-order chi connectivity index (χ0) is 21.1. The Labute approximate surface area is 178 Å². The molecule has 0 spiro atoms. The Morgan fingerprint density at radius 2 is 1.93 bits per heavy atom. The Morgan fingerprint density at radius 1 is 1.13 bits per heavy atom. The Bertz CT molecular complexity index is 1080. The third-order valence-electron chi connectivity index (χ3n) is 5.69. The number of pyridine rings is 1. The van der Waals surface area contributed by atoms with Crippen LogP contribution in [-0.2, 0) is 17.8 Å². The number of hydrogen-bond acceptors (Lipinski definition) is 3. The van der Waals surface area contributed by atoms with Gasteiger partial charge >= 0.3 is 0 Å². The lowest BCUT2D eigenvalue weighted by Gasteiger charge is -2.18. The Balaban J connectivity index is 0.00000272. The van der Waals surface area contributed by atoms with Crippen LogP contribution in [0, 0.1) is 6.92 Å². The van der Waals surface area contributed by atoms with Crippen LogP contribution in [0.3, 0.4) is 0 Å². The lowest BCUT2D eigenvalue weighted by atomic mass is 9.94. The SMILES string of the molecule is CCC(=O)N1CCc2c1ccc(-c1ccc(C(=O)NCc3cccnc3)cc1)c2C.[HH]. The van der Waals surface area contributed by atoms with Gasteiger partial charge in [0.15, 0.2) is 0 Å². The van der Waals surface area contributed by atoms with Crippen molar-refractivity contribution in [3.63, 3.8) is 0 Å². The van der Waals surface area contributed by atoms with Crippen LogP contribution in [0.15, 0.2) is 60.9 Å². The maximum Gasteiger partial charge on any atom is 0.251 e.